The van der Waals surface area contributed by atoms with Crippen LogP contribution in [0.15, 0.2) is 247 Å². The largest absolute Gasteiger partial charge is 0.313 e. The summed E-state index contributed by atoms with van der Waals surface area (Å²) in [6, 6.07) is 73.7. The molecule has 2 nitrogen and oxygen atoms in total. The van der Waals surface area contributed by atoms with Gasteiger partial charge in [0.2, 0.25) is 0 Å². The van der Waals surface area contributed by atoms with Crippen LogP contribution in [0.25, 0.3) is 83.3 Å². The van der Waals surface area contributed by atoms with Crippen molar-refractivity contribution in [2.75, 3.05) is 17.4 Å². The molecule has 0 N–H and O–H groups in total. The molecule has 0 radical (unpaired) electrons. The topological polar surface area (TPSA) is 8.17 Å². The number of benzene rings is 9. The number of hydrogen-bond acceptors (Lipinski definition) is 1. The highest BCUT2D eigenvalue weighted by Crippen LogP contribution is 2.56. The van der Waals surface area contributed by atoms with Gasteiger partial charge in [0, 0.05) is 38.4 Å². The van der Waals surface area contributed by atoms with E-state index in [-0.39, 0.29) is 0 Å². The van der Waals surface area contributed by atoms with Gasteiger partial charge in [0.05, 0.1) is 11.0 Å². The fraction of sp³-hybridized carbons (Fsp3) is 0.162. The number of hydrogen-bond donors (Lipinski definition) is 0. The number of nitrogens with zero attached hydrogens (tertiary/aromatic N) is 2. The summed E-state index contributed by atoms with van der Waals surface area (Å²) in [5.74, 6) is 0. The van der Waals surface area contributed by atoms with Gasteiger partial charge < -0.3 is 9.47 Å². The second kappa shape index (κ2) is 25.6. The van der Waals surface area contributed by atoms with E-state index < -0.39 is 10.0 Å². The van der Waals surface area contributed by atoms with E-state index in [2.05, 4.69) is 252 Å². The molecular weight excluding hydrogens is 949 g/mol. The summed E-state index contributed by atoms with van der Waals surface area (Å²) in [4.78, 5) is 3.75. The molecule has 1 aliphatic carbocycles. The van der Waals surface area contributed by atoms with Gasteiger partial charge in [-0.2, -0.15) is 10.0 Å². The first-order chi connectivity index (χ1) is 37.8. The van der Waals surface area contributed by atoms with E-state index in [9.17, 15) is 0 Å². The molecule has 10 aromatic rings. The number of allylic oxidation sites excluding steroid dienone is 6. The highest BCUT2D eigenvalue weighted by molar-refractivity contribution is 8.35. The van der Waals surface area contributed by atoms with Crippen molar-refractivity contribution in [3.8, 4) is 33.4 Å². The van der Waals surface area contributed by atoms with Gasteiger partial charge >= 0.3 is 0 Å². The second-order valence-electron chi connectivity index (χ2n) is 18.9. The first kappa shape index (κ1) is 55.1. The normalized spacial score (nSPS) is 13.8. The number of fused-ring (bicyclic) bond motifs is 6. The molecule has 0 amide bonds. The molecule has 1 aromatic heterocycles. The molecule has 12 rings (SSSR count). The maximum atomic E-state index is 4.76. The zero-order chi connectivity index (χ0) is 54.5. The third kappa shape index (κ3) is 11.7. The maximum absolute atomic E-state index is 4.76. The predicted octanol–water partition coefficient (Wildman–Crippen LogP) is 22.7. The van der Waals surface area contributed by atoms with Crippen LogP contribution in [0.4, 0.5) is 17.1 Å². The van der Waals surface area contributed by atoms with Crippen LogP contribution in [0.5, 0.6) is 0 Å². The molecule has 9 aromatic carbocycles. The fourth-order valence-electron chi connectivity index (χ4n) is 10.3. The average molecular weight is 1030 g/mol. The summed E-state index contributed by atoms with van der Waals surface area (Å²) in [5.41, 5.74) is 19.1. The predicted molar refractivity (Wildman–Crippen MR) is 346 cm³/mol. The molecule has 0 spiro atoms. The Bertz CT molecular complexity index is 3750. The van der Waals surface area contributed by atoms with E-state index in [4.69, 9.17) is 6.58 Å². The van der Waals surface area contributed by atoms with E-state index in [1.165, 1.54) is 93.2 Å². The van der Waals surface area contributed by atoms with E-state index in [0.29, 0.717) is 0 Å². The van der Waals surface area contributed by atoms with Crippen LogP contribution in [0.1, 0.15) is 84.9 Å². The molecule has 0 saturated heterocycles. The lowest BCUT2D eigenvalue weighted by Crippen LogP contribution is -2.09. The molecule has 388 valence electrons. The number of anilines is 3. The number of rotatable bonds is 7. The SMILES string of the molecule is C/C=C\C.C=C1c2cc3c(cc2/C=C\S(C)(C)c2ccccc21)c1cc(-c2cccc(-c4ccc(N(c5ccc(-c6ccccc6)cc5)c5ccc6ccccc6c5)cc4)c2)ccc1n3C1=CC=CCC1.CC.CC.CC. The standard InChI is InChI=1S/C64H50N2S.C4H8.3C2H6/c1-44-58-23-12-13-24-64(58)67(2,3)38-37-53-42-61-60-41-52(30-36-62(60)66(63(61)43-59(44)53)54-21-8-5-9-22-54)50-20-14-19-49(39-50)48-27-33-56(34-28-48)65(57-35-29-46-17-10-11-18-51(46)40-57)55-31-25-47(26-32-55)45-15-6-4-7-16-45;1-3-4-2;3*1-2/h4-8,10-21,23-43H,1,9,22H2,2-3H3;3-4H,1-2H3;3*1-2H3/b38-37-;4-3-;;;. The Morgan fingerprint density at radius 2 is 1.03 bits per heavy atom. The van der Waals surface area contributed by atoms with Crippen LogP contribution < -0.4 is 4.90 Å². The molecule has 77 heavy (non-hydrogen) atoms. The van der Waals surface area contributed by atoms with Gasteiger partial charge in [0.25, 0.3) is 0 Å². The average Bonchev–Trinajstić information content (AvgIpc) is 3.99. The molecule has 0 bridgehead atoms. The van der Waals surface area contributed by atoms with Crippen molar-refractivity contribution in [2.24, 2.45) is 0 Å². The van der Waals surface area contributed by atoms with Crippen LogP contribution in [0.3, 0.4) is 0 Å². The molecule has 1 aliphatic heterocycles. The Hall–Kier alpha value is -8.11. The summed E-state index contributed by atoms with van der Waals surface area (Å²) in [6.07, 6.45) is 19.9. The molecule has 2 aliphatic rings. The quantitative estimate of drug-likeness (QED) is 0.144. The fourth-order valence-corrected chi connectivity index (χ4v) is 12.1. The van der Waals surface area contributed by atoms with E-state index in [1.807, 2.05) is 67.5 Å². The van der Waals surface area contributed by atoms with Gasteiger partial charge in [0.15, 0.2) is 0 Å². The molecule has 0 fully saturated rings. The maximum Gasteiger partial charge on any atom is 0.0544 e. The molecule has 0 unspecified atom stereocenters. The van der Waals surface area contributed by atoms with Crippen LogP contribution >= 0.6 is 10.0 Å². The second-order valence-corrected chi connectivity index (χ2v) is 22.4. The molecule has 0 saturated carbocycles. The third-order valence-corrected chi connectivity index (χ3v) is 16.4. The van der Waals surface area contributed by atoms with E-state index in [0.717, 1.165) is 35.5 Å². The molecule has 0 atom stereocenters. The Labute approximate surface area is 462 Å². The lowest BCUT2D eigenvalue weighted by Gasteiger charge is -2.32. The Balaban J connectivity index is 0.000000736. The van der Waals surface area contributed by atoms with Gasteiger partial charge in [-0.3, -0.25) is 0 Å². The lowest BCUT2D eigenvalue weighted by molar-refractivity contribution is 0.979. The zero-order valence-electron chi connectivity index (χ0n) is 47.0. The molecule has 3 heteroatoms. The summed E-state index contributed by atoms with van der Waals surface area (Å²) < 4.78 is 2.51. The first-order valence-corrected chi connectivity index (χ1v) is 30.2. The van der Waals surface area contributed by atoms with E-state index in [1.54, 1.807) is 0 Å². The van der Waals surface area contributed by atoms with Gasteiger partial charge in [0.1, 0.15) is 0 Å². The van der Waals surface area contributed by atoms with Crippen molar-refractivity contribution in [1.29, 1.82) is 0 Å². The van der Waals surface area contributed by atoms with Gasteiger partial charge in [-0.05, 0) is 196 Å². The Morgan fingerprint density at radius 1 is 0.481 bits per heavy atom. The van der Waals surface area contributed by atoms with Gasteiger partial charge in [-0.15, -0.1) is 0 Å². The van der Waals surface area contributed by atoms with Crippen molar-refractivity contribution >= 4 is 77.0 Å². The summed E-state index contributed by atoms with van der Waals surface area (Å²) >= 11 is 0. The monoisotopic (exact) mass is 1020 g/mol. The minimum atomic E-state index is -1.17. The highest BCUT2D eigenvalue weighted by atomic mass is 32.3. The van der Waals surface area contributed by atoms with Gasteiger partial charge in [-0.25, -0.2) is 0 Å². The van der Waals surface area contributed by atoms with Crippen LogP contribution in [-0.2, 0) is 0 Å². The van der Waals surface area contributed by atoms with Crippen molar-refractivity contribution < 1.29 is 0 Å². The van der Waals surface area contributed by atoms with Crippen LogP contribution in [0.2, 0.25) is 0 Å². The number of aromatic nitrogens is 1. The van der Waals surface area contributed by atoms with Crippen LogP contribution in [-0.4, -0.2) is 17.1 Å². The minimum Gasteiger partial charge on any atom is -0.313 e. The van der Waals surface area contributed by atoms with Crippen molar-refractivity contribution in [2.45, 2.75) is 73.1 Å². The molecular formula is C74H76N2S. The van der Waals surface area contributed by atoms with Crippen molar-refractivity contribution in [1.82, 2.24) is 4.57 Å². The Kier molecular flexibility index (Phi) is 18.3. The third-order valence-electron chi connectivity index (χ3n) is 14.1. The summed E-state index contributed by atoms with van der Waals surface area (Å²) in [7, 11) is -1.17. The molecule has 2 heterocycles. The summed E-state index contributed by atoms with van der Waals surface area (Å²) in [5, 5.41) is 7.43. The van der Waals surface area contributed by atoms with Crippen molar-refractivity contribution in [3.05, 3.63) is 259 Å². The van der Waals surface area contributed by atoms with Crippen LogP contribution in [0, 0.1) is 0 Å². The summed E-state index contributed by atoms with van der Waals surface area (Å²) in [6.45, 7) is 20.8. The zero-order valence-corrected chi connectivity index (χ0v) is 47.8. The Morgan fingerprint density at radius 3 is 1.69 bits per heavy atom. The smallest absolute Gasteiger partial charge is 0.0544 e. The van der Waals surface area contributed by atoms with Crippen molar-refractivity contribution in [3.63, 3.8) is 0 Å². The first-order valence-electron chi connectivity index (χ1n) is 27.7. The lowest BCUT2D eigenvalue weighted by atomic mass is 9.93. The highest BCUT2D eigenvalue weighted by Gasteiger charge is 2.24. The van der Waals surface area contributed by atoms with E-state index >= 15 is 0 Å². The van der Waals surface area contributed by atoms with Gasteiger partial charge in [-0.1, -0.05) is 200 Å². The minimum absolute atomic E-state index is 0.997.